The van der Waals surface area contributed by atoms with Crippen LogP contribution in [0.5, 0.6) is 0 Å². The second kappa shape index (κ2) is 7.29. The Bertz CT molecular complexity index is 1100. The van der Waals surface area contributed by atoms with E-state index in [4.69, 9.17) is 0 Å². The van der Waals surface area contributed by atoms with Gasteiger partial charge >= 0.3 is 0 Å². The average molecular weight is 416 g/mol. The number of unbranched alkanes of at least 4 members (excludes halogenated alkanes) is 1. The van der Waals surface area contributed by atoms with Gasteiger partial charge in [-0.2, -0.15) is 0 Å². The van der Waals surface area contributed by atoms with Crippen LogP contribution in [0.25, 0.3) is 0 Å². The van der Waals surface area contributed by atoms with Crippen LogP contribution < -0.4 is 4.90 Å². The molecule has 2 atom stereocenters. The smallest absolute Gasteiger partial charge is 0.251 e. The fraction of sp³-hybridized carbons (Fsp3) is 0.269. The van der Waals surface area contributed by atoms with Crippen molar-refractivity contribution < 1.29 is 9.90 Å². The van der Waals surface area contributed by atoms with E-state index >= 15 is 0 Å². The number of anilines is 1. The molecule has 4 heteroatoms. The zero-order chi connectivity index (χ0) is 20.8. The third kappa shape index (κ3) is 2.60. The van der Waals surface area contributed by atoms with E-state index in [2.05, 4.69) is 6.92 Å². The lowest BCUT2D eigenvalue weighted by molar-refractivity contribution is -0.129. The fourth-order valence-corrected chi connectivity index (χ4v) is 6.61. The Morgan fingerprint density at radius 2 is 1.57 bits per heavy atom. The van der Waals surface area contributed by atoms with Gasteiger partial charge < -0.3 is 10.0 Å². The first kappa shape index (κ1) is 19.4. The minimum Gasteiger partial charge on any atom is -0.383 e. The van der Waals surface area contributed by atoms with Crippen LogP contribution in [0.4, 0.5) is 5.69 Å². The summed E-state index contributed by atoms with van der Waals surface area (Å²) in [6.07, 6.45) is 2.39. The summed E-state index contributed by atoms with van der Waals surface area (Å²) in [5, 5.41) is 12.3. The molecule has 0 bridgehead atoms. The third-order valence-electron chi connectivity index (χ3n) is 6.37. The molecule has 2 heterocycles. The highest BCUT2D eigenvalue weighted by atomic mass is 32.2. The number of benzene rings is 3. The summed E-state index contributed by atoms with van der Waals surface area (Å²) in [7, 11) is 0. The maximum Gasteiger partial charge on any atom is 0.251 e. The van der Waals surface area contributed by atoms with Crippen LogP contribution in [0.15, 0.2) is 83.8 Å². The topological polar surface area (TPSA) is 40.5 Å². The Balaban J connectivity index is 1.68. The molecule has 3 nitrogen and oxygen atoms in total. The van der Waals surface area contributed by atoms with E-state index in [0.29, 0.717) is 13.0 Å². The molecule has 0 saturated carbocycles. The van der Waals surface area contributed by atoms with Gasteiger partial charge in [0.2, 0.25) is 0 Å². The molecule has 152 valence electrons. The van der Waals surface area contributed by atoms with Gasteiger partial charge in [0.15, 0.2) is 4.75 Å². The summed E-state index contributed by atoms with van der Waals surface area (Å²) in [6.45, 7) is 2.62. The first-order valence-corrected chi connectivity index (χ1v) is 11.4. The predicted octanol–water partition coefficient (Wildman–Crippen LogP) is 5.61. The van der Waals surface area contributed by atoms with E-state index in [-0.39, 0.29) is 5.91 Å². The summed E-state index contributed by atoms with van der Waals surface area (Å²) in [6, 6.07) is 26.0. The molecule has 0 radical (unpaired) electrons. The second-order valence-electron chi connectivity index (χ2n) is 8.14. The minimum absolute atomic E-state index is 0.0210. The summed E-state index contributed by atoms with van der Waals surface area (Å²) < 4.78 is -1.04. The van der Waals surface area contributed by atoms with Crippen LogP contribution in [-0.4, -0.2) is 11.0 Å². The number of nitrogens with zero attached hydrogens (tertiary/aromatic N) is 1. The van der Waals surface area contributed by atoms with Crippen molar-refractivity contribution in [1.82, 2.24) is 0 Å². The number of hydrogen-bond donors (Lipinski definition) is 1. The van der Waals surface area contributed by atoms with Gasteiger partial charge in [-0.3, -0.25) is 4.79 Å². The molecule has 0 aliphatic carbocycles. The number of amides is 1. The lowest BCUT2D eigenvalue weighted by Gasteiger charge is -2.38. The van der Waals surface area contributed by atoms with Crippen molar-refractivity contribution in [2.75, 3.05) is 4.90 Å². The third-order valence-corrected chi connectivity index (χ3v) is 7.99. The van der Waals surface area contributed by atoms with Gasteiger partial charge in [-0.05, 0) is 29.7 Å². The van der Waals surface area contributed by atoms with Gasteiger partial charge in [0, 0.05) is 16.1 Å². The highest BCUT2D eigenvalue weighted by molar-refractivity contribution is 8.01. The molecule has 5 rings (SSSR count). The summed E-state index contributed by atoms with van der Waals surface area (Å²) in [5.74, 6) is -0.0210. The normalized spacial score (nSPS) is 24.3. The van der Waals surface area contributed by atoms with E-state index in [1.54, 1.807) is 0 Å². The largest absolute Gasteiger partial charge is 0.383 e. The zero-order valence-corrected chi connectivity index (χ0v) is 17.9. The number of para-hydroxylation sites is 1. The number of hydrogen-bond acceptors (Lipinski definition) is 3. The van der Waals surface area contributed by atoms with Gasteiger partial charge in [-0.1, -0.05) is 86.5 Å². The first-order chi connectivity index (χ1) is 14.6. The Labute approximate surface area is 181 Å². The van der Waals surface area contributed by atoms with Gasteiger partial charge in [0.25, 0.3) is 5.91 Å². The summed E-state index contributed by atoms with van der Waals surface area (Å²) >= 11 is 1.53. The van der Waals surface area contributed by atoms with Crippen LogP contribution in [0.1, 0.15) is 42.9 Å². The summed E-state index contributed by atoms with van der Waals surface area (Å²) in [4.78, 5) is 17.0. The molecule has 1 spiro atoms. The monoisotopic (exact) mass is 415 g/mol. The van der Waals surface area contributed by atoms with Crippen LogP contribution in [0.3, 0.4) is 0 Å². The number of rotatable bonds is 5. The molecule has 2 aliphatic heterocycles. The van der Waals surface area contributed by atoms with Crippen LogP contribution >= 0.6 is 11.8 Å². The molecular weight excluding hydrogens is 390 g/mol. The average Bonchev–Trinajstić information content (AvgIpc) is 3.19. The van der Waals surface area contributed by atoms with E-state index in [0.717, 1.165) is 40.1 Å². The Kier molecular flexibility index (Phi) is 4.72. The molecule has 0 aromatic heterocycles. The molecule has 30 heavy (non-hydrogen) atoms. The van der Waals surface area contributed by atoms with Crippen LogP contribution in [0, 0.1) is 0 Å². The first-order valence-electron chi connectivity index (χ1n) is 10.6. The van der Waals surface area contributed by atoms with Crippen molar-refractivity contribution in [2.45, 2.75) is 48.0 Å². The lowest BCUT2D eigenvalue weighted by Crippen LogP contribution is -2.50. The Morgan fingerprint density at radius 1 is 0.900 bits per heavy atom. The van der Waals surface area contributed by atoms with Crippen LogP contribution in [-0.2, 0) is 21.7 Å². The molecule has 3 aromatic carbocycles. The number of carbonyl (C=O) groups excluding carboxylic acids is 1. The maximum absolute atomic E-state index is 14.2. The number of aliphatic hydroxyl groups is 1. The highest BCUT2D eigenvalue weighted by Gasteiger charge is 2.67. The molecule has 2 aliphatic rings. The van der Waals surface area contributed by atoms with Crippen molar-refractivity contribution >= 4 is 23.4 Å². The molecule has 1 N–H and O–H groups in total. The second-order valence-corrected chi connectivity index (χ2v) is 9.39. The predicted molar refractivity (Wildman–Crippen MR) is 121 cm³/mol. The van der Waals surface area contributed by atoms with Gasteiger partial charge in [0.05, 0.1) is 6.54 Å². The maximum atomic E-state index is 14.2. The molecule has 0 saturated heterocycles. The van der Waals surface area contributed by atoms with Gasteiger partial charge in [-0.25, -0.2) is 0 Å². The van der Waals surface area contributed by atoms with Crippen molar-refractivity contribution in [3.8, 4) is 0 Å². The number of fused-ring (bicyclic) bond motifs is 3. The quantitative estimate of drug-likeness (QED) is 0.589. The van der Waals surface area contributed by atoms with Crippen molar-refractivity contribution in [3.63, 3.8) is 0 Å². The van der Waals surface area contributed by atoms with Crippen molar-refractivity contribution in [1.29, 1.82) is 0 Å². The molecule has 1 amide bonds. The number of thioether (sulfide) groups is 1. The van der Waals surface area contributed by atoms with E-state index in [1.807, 2.05) is 83.8 Å². The molecule has 3 aromatic rings. The fourth-order valence-electron chi connectivity index (χ4n) is 4.92. The Hall–Kier alpha value is -2.56. The molecule has 0 fully saturated rings. The van der Waals surface area contributed by atoms with Crippen LogP contribution in [0.2, 0.25) is 0 Å². The lowest BCUT2D eigenvalue weighted by atomic mass is 9.74. The Morgan fingerprint density at radius 3 is 2.33 bits per heavy atom. The number of carbonyl (C=O) groups is 1. The standard InChI is InChI=1S/C26H25NO2S/c1-2-3-17-25(29)21-14-8-10-16-23(21)30-26(25)20-13-7-9-15-22(20)27(24(26)28)18-19-11-5-4-6-12-19/h4-16,29H,2-3,17-18H2,1H3/t25-,26-/m1/s1. The molecule has 0 unspecified atom stereocenters. The van der Waals surface area contributed by atoms with Gasteiger partial charge in [-0.15, -0.1) is 11.8 Å². The van der Waals surface area contributed by atoms with Crippen molar-refractivity contribution in [3.05, 3.63) is 95.6 Å². The highest BCUT2D eigenvalue weighted by Crippen LogP contribution is 2.67. The SMILES string of the molecule is CCCC[C@@]1(O)c2ccccc2S[C@]12C(=O)N(Cc1ccccc1)c1ccccc12. The van der Waals surface area contributed by atoms with E-state index in [9.17, 15) is 9.90 Å². The van der Waals surface area contributed by atoms with E-state index < -0.39 is 10.3 Å². The molecular formula is C26H25NO2S. The zero-order valence-electron chi connectivity index (χ0n) is 17.0. The van der Waals surface area contributed by atoms with E-state index in [1.165, 1.54) is 11.8 Å². The minimum atomic E-state index is -1.23. The van der Waals surface area contributed by atoms with Gasteiger partial charge in [0.1, 0.15) is 5.60 Å². The summed E-state index contributed by atoms with van der Waals surface area (Å²) in [5.41, 5.74) is 2.55. The van der Waals surface area contributed by atoms with Crippen molar-refractivity contribution in [2.24, 2.45) is 0 Å².